The second-order valence-electron chi connectivity index (χ2n) is 7.74. The number of carbonyl (C=O) groups excluding carboxylic acids is 2. The molecule has 0 atom stereocenters. The molecule has 32 heavy (non-hydrogen) atoms. The van der Waals surface area contributed by atoms with Crippen LogP contribution >= 0.6 is 0 Å². The molecule has 1 aliphatic rings. The standard InChI is InChI=1S/C24H21N5O3/c30-22(25-13-16-6-2-1-3-7-16)21-19-9-11-28(15-17(19)14-26-23(21)31)24(32)20-12-18-8-4-5-10-29(18)27-20/h1-8,10,12,14H,9,11,13,15H2,(H,25,30)(H,26,31). The van der Waals surface area contributed by atoms with Gasteiger partial charge in [-0.15, -0.1) is 0 Å². The summed E-state index contributed by atoms with van der Waals surface area (Å²) in [5.41, 5.74) is 3.31. The van der Waals surface area contributed by atoms with Gasteiger partial charge >= 0.3 is 0 Å². The Hall–Kier alpha value is -4.20. The van der Waals surface area contributed by atoms with Crippen molar-refractivity contribution in [3.8, 4) is 0 Å². The fourth-order valence-corrected chi connectivity index (χ4v) is 4.05. The summed E-state index contributed by atoms with van der Waals surface area (Å²) in [4.78, 5) is 42.7. The van der Waals surface area contributed by atoms with Crippen LogP contribution in [-0.4, -0.2) is 37.9 Å². The summed E-state index contributed by atoms with van der Waals surface area (Å²) in [5, 5.41) is 7.19. The Morgan fingerprint density at radius 3 is 2.72 bits per heavy atom. The number of aromatic nitrogens is 3. The van der Waals surface area contributed by atoms with Crippen LogP contribution in [0.5, 0.6) is 0 Å². The van der Waals surface area contributed by atoms with Crippen molar-refractivity contribution in [3.05, 3.63) is 105 Å². The minimum Gasteiger partial charge on any atom is -0.348 e. The van der Waals surface area contributed by atoms with E-state index in [-0.39, 0.29) is 11.5 Å². The number of H-pyrrole nitrogens is 1. The molecule has 0 radical (unpaired) electrons. The Morgan fingerprint density at radius 2 is 1.91 bits per heavy atom. The topological polar surface area (TPSA) is 99.6 Å². The number of hydrogen-bond donors (Lipinski definition) is 2. The van der Waals surface area contributed by atoms with Gasteiger partial charge in [-0.25, -0.2) is 4.52 Å². The van der Waals surface area contributed by atoms with E-state index in [0.717, 1.165) is 16.6 Å². The lowest BCUT2D eigenvalue weighted by Crippen LogP contribution is -2.39. The number of hydrogen-bond acceptors (Lipinski definition) is 4. The van der Waals surface area contributed by atoms with Crippen molar-refractivity contribution in [2.45, 2.75) is 19.5 Å². The highest BCUT2D eigenvalue weighted by Crippen LogP contribution is 2.22. The highest BCUT2D eigenvalue weighted by atomic mass is 16.2. The van der Waals surface area contributed by atoms with Gasteiger partial charge in [-0.2, -0.15) is 5.10 Å². The van der Waals surface area contributed by atoms with Gasteiger partial charge in [0.2, 0.25) is 0 Å². The number of carbonyl (C=O) groups is 2. The molecule has 4 aromatic rings. The Kier molecular flexibility index (Phi) is 5.03. The van der Waals surface area contributed by atoms with Crippen LogP contribution in [0.1, 0.15) is 37.5 Å². The summed E-state index contributed by atoms with van der Waals surface area (Å²) in [6, 6.07) is 16.9. The minimum atomic E-state index is -0.422. The molecular weight excluding hydrogens is 406 g/mol. The summed E-state index contributed by atoms with van der Waals surface area (Å²) in [6.45, 7) is 1.04. The number of rotatable bonds is 4. The fraction of sp³-hybridized carbons (Fsp3) is 0.167. The van der Waals surface area contributed by atoms with Gasteiger partial charge in [0.15, 0.2) is 5.69 Å². The molecule has 1 aliphatic heterocycles. The molecule has 0 unspecified atom stereocenters. The highest BCUT2D eigenvalue weighted by Gasteiger charge is 2.28. The van der Waals surface area contributed by atoms with Crippen LogP contribution in [0.15, 0.2) is 71.8 Å². The summed E-state index contributed by atoms with van der Waals surface area (Å²) in [6.07, 6.45) is 3.81. The molecule has 0 saturated heterocycles. The summed E-state index contributed by atoms with van der Waals surface area (Å²) in [5.74, 6) is -0.590. The average molecular weight is 427 g/mol. The van der Waals surface area contributed by atoms with E-state index in [1.807, 2.05) is 48.5 Å². The molecule has 4 heterocycles. The third kappa shape index (κ3) is 3.66. The Labute approximate surface area is 183 Å². The largest absolute Gasteiger partial charge is 0.348 e. The molecule has 0 aliphatic carbocycles. The van der Waals surface area contributed by atoms with Crippen LogP contribution in [-0.2, 0) is 19.5 Å². The minimum absolute atomic E-state index is 0.123. The summed E-state index contributed by atoms with van der Waals surface area (Å²) in [7, 11) is 0. The number of amides is 2. The predicted octanol–water partition coefficient (Wildman–Crippen LogP) is 2.15. The van der Waals surface area contributed by atoms with Crippen LogP contribution in [0.3, 0.4) is 0 Å². The van der Waals surface area contributed by atoms with E-state index in [1.165, 1.54) is 0 Å². The molecule has 2 amide bonds. The molecule has 8 heteroatoms. The van der Waals surface area contributed by atoms with Gasteiger partial charge in [0.05, 0.1) is 5.52 Å². The molecule has 5 rings (SSSR count). The Balaban J connectivity index is 1.36. The highest BCUT2D eigenvalue weighted by molar-refractivity contribution is 5.96. The maximum absolute atomic E-state index is 13.0. The SMILES string of the molecule is O=C(NCc1ccccc1)c1c2c(c[nH]c1=O)CN(C(=O)c1cc3ccccn3n1)CC2. The van der Waals surface area contributed by atoms with Gasteiger partial charge in [0.1, 0.15) is 5.56 Å². The van der Waals surface area contributed by atoms with Gasteiger partial charge in [-0.05, 0) is 41.3 Å². The number of pyridine rings is 2. The number of aromatic amines is 1. The van der Waals surface area contributed by atoms with E-state index in [2.05, 4.69) is 15.4 Å². The molecule has 8 nitrogen and oxygen atoms in total. The van der Waals surface area contributed by atoms with Gasteiger partial charge in [0.25, 0.3) is 17.4 Å². The average Bonchev–Trinajstić information content (AvgIpc) is 3.27. The van der Waals surface area contributed by atoms with Gasteiger partial charge < -0.3 is 15.2 Å². The van der Waals surface area contributed by atoms with E-state index in [1.54, 1.807) is 27.9 Å². The molecule has 0 saturated carbocycles. The zero-order valence-corrected chi connectivity index (χ0v) is 17.2. The third-order valence-electron chi connectivity index (χ3n) is 5.69. The molecular formula is C24H21N5O3. The smallest absolute Gasteiger partial charge is 0.274 e. The van der Waals surface area contributed by atoms with Crippen molar-refractivity contribution in [1.29, 1.82) is 0 Å². The Bertz CT molecular complexity index is 1340. The van der Waals surface area contributed by atoms with Crippen molar-refractivity contribution in [2.24, 2.45) is 0 Å². The number of benzene rings is 1. The monoisotopic (exact) mass is 427 g/mol. The number of fused-ring (bicyclic) bond motifs is 2. The zero-order valence-electron chi connectivity index (χ0n) is 17.2. The molecule has 0 spiro atoms. The van der Waals surface area contributed by atoms with Crippen LogP contribution in [0.25, 0.3) is 5.52 Å². The normalized spacial score (nSPS) is 13.1. The van der Waals surface area contributed by atoms with E-state index in [4.69, 9.17) is 0 Å². The van der Waals surface area contributed by atoms with Crippen LogP contribution in [0.2, 0.25) is 0 Å². The second kappa shape index (κ2) is 8.14. The van der Waals surface area contributed by atoms with Crippen LogP contribution < -0.4 is 10.9 Å². The van der Waals surface area contributed by atoms with E-state index >= 15 is 0 Å². The van der Waals surface area contributed by atoms with Gasteiger partial charge in [-0.1, -0.05) is 36.4 Å². The maximum atomic E-state index is 13.0. The summed E-state index contributed by atoms with van der Waals surface area (Å²) >= 11 is 0. The maximum Gasteiger partial charge on any atom is 0.274 e. The second-order valence-corrected chi connectivity index (χ2v) is 7.74. The first-order chi connectivity index (χ1) is 15.6. The van der Waals surface area contributed by atoms with Crippen molar-refractivity contribution in [3.63, 3.8) is 0 Å². The third-order valence-corrected chi connectivity index (χ3v) is 5.69. The van der Waals surface area contributed by atoms with Crippen molar-refractivity contribution >= 4 is 17.3 Å². The number of nitrogens with one attached hydrogen (secondary N) is 2. The molecule has 160 valence electrons. The zero-order chi connectivity index (χ0) is 22.1. The lowest BCUT2D eigenvalue weighted by molar-refractivity contribution is 0.0728. The fourth-order valence-electron chi connectivity index (χ4n) is 4.05. The van der Waals surface area contributed by atoms with Crippen molar-refractivity contribution in [1.82, 2.24) is 24.8 Å². The van der Waals surface area contributed by atoms with E-state index in [0.29, 0.717) is 37.3 Å². The quantitative estimate of drug-likeness (QED) is 0.521. The molecule has 1 aromatic carbocycles. The lowest BCUT2D eigenvalue weighted by atomic mass is 9.96. The predicted molar refractivity (Wildman–Crippen MR) is 118 cm³/mol. The van der Waals surface area contributed by atoms with Crippen molar-refractivity contribution in [2.75, 3.05) is 6.54 Å². The number of nitrogens with zero attached hydrogens (tertiary/aromatic N) is 3. The first-order valence-electron chi connectivity index (χ1n) is 10.4. The molecule has 3 aromatic heterocycles. The summed E-state index contributed by atoms with van der Waals surface area (Å²) < 4.78 is 1.66. The Morgan fingerprint density at radius 1 is 1.09 bits per heavy atom. The lowest BCUT2D eigenvalue weighted by Gasteiger charge is -2.29. The van der Waals surface area contributed by atoms with E-state index < -0.39 is 11.5 Å². The van der Waals surface area contributed by atoms with Gasteiger partial charge in [-0.3, -0.25) is 14.4 Å². The molecule has 2 N–H and O–H groups in total. The van der Waals surface area contributed by atoms with Crippen LogP contribution in [0, 0.1) is 0 Å². The van der Waals surface area contributed by atoms with Gasteiger partial charge in [0, 0.05) is 32.0 Å². The van der Waals surface area contributed by atoms with Crippen LogP contribution in [0.4, 0.5) is 0 Å². The first kappa shape index (κ1) is 19.7. The van der Waals surface area contributed by atoms with Crippen molar-refractivity contribution < 1.29 is 9.59 Å². The first-order valence-corrected chi connectivity index (χ1v) is 10.4. The van der Waals surface area contributed by atoms with E-state index in [9.17, 15) is 14.4 Å². The molecule has 0 bridgehead atoms. The molecule has 0 fully saturated rings.